The Hall–Kier alpha value is -3.69. The molecule has 6 amide bonds. The number of ether oxygens (including phenoxy) is 1. The van der Waals surface area contributed by atoms with Gasteiger partial charge in [-0.1, -0.05) is 36.0 Å². The van der Waals surface area contributed by atoms with Crippen molar-refractivity contribution >= 4 is 63.6 Å². The van der Waals surface area contributed by atoms with Gasteiger partial charge in [0.1, 0.15) is 16.2 Å². The van der Waals surface area contributed by atoms with Gasteiger partial charge in [0.25, 0.3) is 11.8 Å². The van der Waals surface area contributed by atoms with Crippen LogP contribution in [-0.2, 0) is 14.3 Å². The Bertz CT molecular complexity index is 1460. The van der Waals surface area contributed by atoms with E-state index >= 15 is 0 Å². The van der Waals surface area contributed by atoms with E-state index in [1.807, 2.05) is 22.7 Å². The molecule has 4 aliphatic rings. The van der Waals surface area contributed by atoms with E-state index in [9.17, 15) is 24.0 Å². The molecule has 2 aromatic rings. The fraction of sp³-hybridized carbons (Fsp3) is 0.562. The molecule has 1 spiro atoms. The van der Waals surface area contributed by atoms with Crippen molar-refractivity contribution in [2.75, 3.05) is 48.4 Å². The fourth-order valence-electron chi connectivity index (χ4n) is 6.60. The lowest BCUT2D eigenvalue weighted by Gasteiger charge is -2.37. The molecule has 47 heavy (non-hydrogen) atoms. The highest BCUT2D eigenvalue weighted by Crippen LogP contribution is 2.35. The first-order valence-corrected chi connectivity index (χ1v) is 18.2. The molecule has 4 N–H and O–H groups in total. The summed E-state index contributed by atoms with van der Waals surface area (Å²) < 4.78 is 5.62. The number of aromatic nitrogens is 1. The van der Waals surface area contributed by atoms with Crippen molar-refractivity contribution in [3.05, 3.63) is 41.4 Å². The molecule has 0 radical (unpaired) electrons. The third-order valence-corrected chi connectivity index (χ3v) is 11.8. The Kier molecular flexibility index (Phi) is 10.6. The number of amides is 6. The summed E-state index contributed by atoms with van der Waals surface area (Å²) in [6.45, 7) is 2.22. The van der Waals surface area contributed by atoms with Crippen LogP contribution in [0.25, 0.3) is 0 Å². The number of benzene rings is 1. The number of unbranched alkanes of at least 4 members (excludes halogenated alkanes) is 1. The second-order valence-electron chi connectivity index (χ2n) is 12.4. The molecule has 4 fully saturated rings. The van der Waals surface area contributed by atoms with Gasteiger partial charge in [0, 0.05) is 50.1 Å². The average molecular weight is 684 g/mol. The number of anilines is 2. The van der Waals surface area contributed by atoms with Gasteiger partial charge in [-0.25, -0.2) is 19.5 Å². The Balaban J connectivity index is 0.820. The number of thioether (sulfide) groups is 1. The van der Waals surface area contributed by atoms with Crippen molar-refractivity contribution in [2.45, 2.75) is 74.2 Å². The first-order valence-electron chi connectivity index (χ1n) is 16.3. The number of nitrogens with zero attached hydrogens (tertiary/aromatic N) is 3. The molecule has 3 atom stereocenters. The van der Waals surface area contributed by atoms with E-state index < -0.39 is 11.6 Å². The predicted molar refractivity (Wildman–Crippen MR) is 180 cm³/mol. The van der Waals surface area contributed by atoms with Gasteiger partial charge < -0.3 is 30.9 Å². The molecule has 1 aromatic heterocycles. The SMILES string of the molecule is O=C(CCCC[C@@H]1SC[C@@H]2NC(=O)N[C@@H]21)CCCOCCNC(=O)c1cnc(N2CCC3(CC2)NC(=O)N(c2ccccc2)C3=O)s1. The molecule has 6 rings (SSSR count). The Morgan fingerprint density at radius 2 is 1.81 bits per heavy atom. The highest BCUT2D eigenvalue weighted by molar-refractivity contribution is 8.00. The van der Waals surface area contributed by atoms with Crippen LogP contribution in [0.3, 0.4) is 0 Å². The molecule has 0 aliphatic carbocycles. The molecule has 0 saturated carbocycles. The number of fused-ring (bicyclic) bond motifs is 1. The average Bonchev–Trinajstić information content (AvgIpc) is 3.84. The van der Waals surface area contributed by atoms with Gasteiger partial charge in [-0.05, 0) is 44.2 Å². The van der Waals surface area contributed by atoms with E-state index in [0.717, 1.165) is 25.0 Å². The summed E-state index contributed by atoms with van der Waals surface area (Å²) in [5, 5.41) is 12.9. The normalized spacial score (nSPS) is 23.1. The van der Waals surface area contributed by atoms with E-state index in [-0.39, 0.29) is 35.7 Å². The maximum absolute atomic E-state index is 13.3. The van der Waals surface area contributed by atoms with Gasteiger partial charge in [0.15, 0.2) is 5.13 Å². The molecule has 252 valence electrons. The minimum atomic E-state index is -0.928. The lowest BCUT2D eigenvalue weighted by Crippen LogP contribution is -2.55. The number of carbonyl (C=O) groups excluding carboxylic acids is 5. The second kappa shape index (κ2) is 15.0. The number of Topliss-reactive ketones (excluding diaryl/α,β-unsaturated/α-hetero) is 1. The van der Waals surface area contributed by atoms with Crippen molar-refractivity contribution < 1.29 is 28.7 Å². The number of hydrogen-bond donors (Lipinski definition) is 4. The van der Waals surface area contributed by atoms with Gasteiger partial charge >= 0.3 is 12.1 Å². The molecule has 1 aromatic carbocycles. The number of nitrogens with one attached hydrogen (secondary N) is 4. The van der Waals surface area contributed by atoms with Crippen LogP contribution in [0.1, 0.15) is 61.0 Å². The zero-order valence-electron chi connectivity index (χ0n) is 26.2. The maximum atomic E-state index is 13.3. The summed E-state index contributed by atoms with van der Waals surface area (Å²) in [7, 11) is 0. The van der Waals surface area contributed by atoms with Gasteiger partial charge in [-0.15, -0.1) is 0 Å². The summed E-state index contributed by atoms with van der Waals surface area (Å²) in [6, 6.07) is 8.90. The van der Waals surface area contributed by atoms with Gasteiger partial charge in [-0.3, -0.25) is 14.4 Å². The summed E-state index contributed by atoms with van der Waals surface area (Å²) in [6.07, 6.45) is 7.02. The fourth-order valence-corrected chi connectivity index (χ4v) is 9.03. The number of ketones is 1. The van der Waals surface area contributed by atoms with E-state index in [2.05, 4.69) is 26.3 Å². The van der Waals surface area contributed by atoms with Gasteiger partial charge in [-0.2, -0.15) is 11.8 Å². The monoisotopic (exact) mass is 683 g/mol. The minimum absolute atomic E-state index is 0.0680. The predicted octanol–water partition coefficient (Wildman–Crippen LogP) is 3.06. The van der Waals surface area contributed by atoms with E-state index in [1.54, 1.807) is 30.5 Å². The van der Waals surface area contributed by atoms with Gasteiger partial charge in [0.2, 0.25) is 0 Å². The Morgan fingerprint density at radius 3 is 2.62 bits per heavy atom. The van der Waals surface area contributed by atoms with Crippen LogP contribution in [0.15, 0.2) is 36.5 Å². The number of carbonyl (C=O) groups is 5. The van der Waals surface area contributed by atoms with Crippen LogP contribution < -0.4 is 31.1 Å². The van der Waals surface area contributed by atoms with Crippen molar-refractivity contribution in [3.8, 4) is 0 Å². The topological polar surface area (TPSA) is 162 Å². The lowest BCUT2D eigenvalue weighted by atomic mass is 9.87. The van der Waals surface area contributed by atoms with E-state index in [4.69, 9.17) is 4.74 Å². The number of piperidine rings is 1. The minimum Gasteiger partial charge on any atom is -0.380 e. The highest BCUT2D eigenvalue weighted by atomic mass is 32.2. The first kappa shape index (κ1) is 33.2. The Morgan fingerprint density at radius 1 is 1.02 bits per heavy atom. The number of hydrogen-bond acceptors (Lipinski definition) is 10. The molecule has 4 saturated heterocycles. The van der Waals surface area contributed by atoms with E-state index in [0.29, 0.717) is 85.9 Å². The number of imide groups is 1. The number of para-hydroxylation sites is 1. The smallest absolute Gasteiger partial charge is 0.329 e. The molecule has 15 heteroatoms. The number of urea groups is 2. The molecular weight excluding hydrogens is 643 g/mol. The molecule has 4 aliphatic heterocycles. The van der Waals surface area contributed by atoms with Crippen LogP contribution in [-0.4, -0.2) is 96.1 Å². The number of rotatable bonds is 15. The largest absolute Gasteiger partial charge is 0.380 e. The van der Waals surface area contributed by atoms with Crippen molar-refractivity contribution in [1.29, 1.82) is 0 Å². The third-order valence-electron chi connectivity index (χ3n) is 9.19. The van der Waals surface area contributed by atoms with Crippen LogP contribution >= 0.6 is 23.1 Å². The van der Waals surface area contributed by atoms with Gasteiger partial charge in [0.05, 0.1) is 30.6 Å². The lowest BCUT2D eigenvalue weighted by molar-refractivity contribution is -0.122. The summed E-state index contributed by atoms with van der Waals surface area (Å²) >= 11 is 3.19. The zero-order valence-corrected chi connectivity index (χ0v) is 27.8. The quantitative estimate of drug-likeness (QED) is 0.126. The Labute approximate surface area is 281 Å². The van der Waals surface area contributed by atoms with Crippen LogP contribution in [0.2, 0.25) is 0 Å². The van der Waals surface area contributed by atoms with E-state index in [1.165, 1.54) is 16.2 Å². The summed E-state index contributed by atoms with van der Waals surface area (Å²) in [5.41, 5.74) is -0.372. The number of thiazole rings is 1. The molecule has 13 nitrogen and oxygen atoms in total. The first-order chi connectivity index (χ1) is 22.8. The van der Waals surface area contributed by atoms with Crippen molar-refractivity contribution in [3.63, 3.8) is 0 Å². The standard InChI is InChI=1S/C32H41N7O6S2/c40-22(9-4-5-11-24-26-23(20-46-24)35-29(43)36-26)10-6-17-45-18-14-33-27(41)25-19-34-31(47-25)38-15-12-32(13-16-38)28(42)39(30(44)37-32)21-7-2-1-3-8-21/h1-3,7-8,19,23-24,26H,4-6,9-18,20H2,(H,33,41)(H,37,44)(H2,35,36,43)/t23-,24-,26-/m0/s1. The third kappa shape index (κ3) is 7.73. The second-order valence-corrected chi connectivity index (χ2v) is 14.6. The van der Waals surface area contributed by atoms with Crippen LogP contribution in [0, 0.1) is 0 Å². The maximum Gasteiger partial charge on any atom is 0.329 e. The highest BCUT2D eigenvalue weighted by Gasteiger charge is 2.53. The molecular formula is C32H41N7O6S2. The molecule has 0 bridgehead atoms. The molecule has 5 heterocycles. The van der Waals surface area contributed by atoms with Crippen LogP contribution in [0.5, 0.6) is 0 Å². The van der Waals surface area contributed by atoms with Crippen molar-refractivity contribution in [2.24, 2.45) is 0 Å². The summed E-state index contributed by atoms with van der Waals surface area (Å²) in [5.74, 6) is 0.737. The summed E-state index contributed by atoms with van der Waals surface area (Å²) in [4.78, 5) is 70.6. The van der Waals surface area contributed by atoms with Crippen LogP contribution in [0.4, 0.5) is 20.4 Å². The van der Waals surface area contributed by atoms with Crippen molar-refractivity contribution in [1.82, 2.24) is 26.3 Å². The zero-order chi connectivity index (χ0) is 32.8. The molecule has 0 unspecified atom stereocenters.